The standard InChI is InChI=1S/C22H25NO7/c1-11(28-12(2)24)20(26)29-15-6-7-22(27)16-10-13-4-5-14(25)18-17(13)21(22,19(15)30-18)8-9-23(16)3/h4-6,11,16,19,25,27H,7-10H2,1-3H3/t11-,16-,19-,21-,22+/m0/s1. The molecule has 2 aliphatic heterocycles. The quantitative estimate of drug-likeness (QED) is 0.709. The summed E-state index contributed by atoms with van der Waals surface area (Å²) >= 11 is 0. The molecule has 1 aromatic carbocycles. The molecule has 2 aliphatic carbocycles. The Morgan fingerprint density at radius 2 is 2.13 bits per heavy atom. The molecule has 5 rings (SSSR count). The minimum Gasteiger partial charge on any atom is -0.504 e. The summed E-state index contributed by atoms with van der Waals surface area (Å²) in [6.45, 7) is 3.42. The SMILES string of the molecule is CC(=O)O[C@@H](C)C(=O)OC1=CC[C@@]2(O)[C@@H]3Cc4ccc(O)c5c4[C@@]2(CCN3C)[C@H]1O5. The van der Waals surface area contributed by atoms with E-state index in [2.05, 4.69) is 4.90 Å². The number of likely N-dealkylation sites (N-methyl/N-ethyl adjacent to an activating group) is 1. The van der Waals surface area contributed by atoms with Crippen molar-refractivity contribution >= 4 is 11.9 Å². The lowest BCUT2D eigenvalue weighted by atomic mass is 9.50. The first-order valence-electron chi connectivity index (χ1n) is 10.2. The van der Waals surface area contributed by atoms with E-state index in [1.54, 1.807) is 12.1 Å². The predicted octanol–water partition coefficient (Wildman–Crippen LogP) is 1.16. The van der Waals surface area contributed by atoms with E-state index in [4.69, 9.17) is 14.2 Å². The summed E-state index contributed by atoms with van der Waals surface area (Å²) in [7, 11) is 2.01. The number of phenols is 1. The number of esters is 2. The Kier molecular flexibility index (Phi) is 4.02. The first-order chi connectivity index (χ1) is 14.2. The second-order valence-electron chi connectivity index (χ2n) is 8.78. The van der Waals surface area contributed by atoms with Gasteiger partial charge in [-0.25, -0.2) is 4.79 Å². The molecule has 5 atom stereocenters. The van der Waals surface area contributed by atoms with Crippen LogP contribution in [-0.2, 0) is 30.9 Å². The summed E-state index contributed by atoms with van der Waals surface area (Å²) in [5, 5.41) is 22.5. The average molecular weight is 415 g/mol. The fourth-order valence-electron chi connectivity index (χ4n) is 5.93. The summed E-state index contributed by atoms with van der Waals surface area (Å²) in [6.07, 6.45) is 1.43. The Hall–Kier alpha value is -2.58. The summed E-state index contributed by atoms with van der Waals surface area (Å²) < 4.78 is 16.8. The van der Waals surface area contributed by atoms with Crippen molar-refractivity contribution in [2.75, 3.05) is 13.6 Å². The molecule has 30 heavy (non-hydrogen) atoms. The molecule has 0 radical (unpaired) electrons. The van der Waals surface area contributed by atoms with Crippen LogP contribution in [0.1, 0.15) is 37.8 Å². The van der Waals surface area contributed by atoms with Gasteiger partial charge in [0.2, 0.25) is 0 Å². The molecule has 0 unspecified atom stereocenters. The van der Waals surface area contributed by atoms with Crippen LogP contribution in [0.15, 0.2) is 24.0 Å². The number of likely N-dealkylation sites (tertiary alicyclic amines) is 1. The fraction of sp³-hybridized carbons (Fsp3) is 0.545. The monoisotopic (exact) mass is 415 g/mol. The van der Waals surface area contributed by atoms with Gasteiger partial charge in [-0.1, -0.05) is 6.07 Å². The van der Waals surface area contributed by atoms with E-state index in [-0.39, 0.29) is 17.6 Å². The Labute approximate surface area is 174 Å². The normalized spacial score (nSPS) is 34.3. The van der Waals surface area contributed by atoms with Crippen molar-refractivity contribution in [3.05, 3.63) is 35.1 Å². The summed E-state index contributed by atoms with van der Waals surface area (Å²) in [5.74, 6) is -0.625. The number of carbonyl (C=O) groups excluding carboxylic acids is 2. The highest BCUT2D eigenvalue weighted by molar-refractivity contribution is 5.79. The second kappa shape index (κ2) is 6.21. The Bertz CT molecular complexity index is 988. The zero-order valence-corrected chi connectivity index (χ0v) is 17.2. The van der Waals surface area contributed by atoms with Gasteiger partial charge in [-0.05, 0) is 51.1 Å². The minimum absolute atomic E-state index is 0.0104. The molecule has 0 saturated carbocycles. The van der Waals surface area contributed by atoms with E-state index >= 15 is 0 Å². The van der Waals surface area contributed by atoms with Gasteiger partial charge in [-0.15, -0.1) is 0 Å². The van der Waals surface area contributed by atoms with Crippen LogP contribution in [-0.4, -0.2) is 64.5 Å². The lowest BCUT2D eigenvalue weighted by Crippen LogP contribution is -2.74. The van der Waals surface area contributed by atoms with Gasteiger partial charge in [-0.3, -0.25) is 4.79 Å². The van der Waals surface area contributed by atoms with Crippen LogP contribution in [0.25, 0.3) is 0 Å². The van der Waals surface area contributed by atoms with E-state index < -0.39 is 35.2 Å². The maximum absolute atomic E-state index is 12.5. The van der Waals surface area contributed by atoms with E-state index in [1.807, 2.05) is 13.1 Å². The third-order valence-electron chi connectivity index (χ3n) is 7.25. The molecule has 1 aromatic rings. The third kappa shape index (κ3) is 2.29. The van der Waals surface area contributed by atoms with Crippen molar-refractivity contribution in [3.63, 3.8) is 0 Å². The maximum atomic E-state index is 12.5. The number of hydrogen-bond donors (Lipinski definition) is 2. The molecule has 1 spiro atoms. The smallest absolute Gasteiger partial charge is 0.352 e. The van der Waals surface area contributed by atoms with E-state index in [0.717, 1.165) is 17.7 Å². The van der Waals surface area contributed by atoms with Crippen molar-refractivity contribution in [2.45, 2.75) is 62.4 Å². The van der Waals surface area contributed by atoms with Crippen LogP contribution >= 0.6 is 0 Å². The van der Waals surface area contributed by atoms with Gasteiger partial charge in [0.25, 0.3) is 0 Å². The van der Waals surface area contributed by atoms with Crippen LogP contribution in [0.5, 0.6) is 11.5 Å². The molecule has 2 heterocycles. The lowest BCUT2D eigenvalue weighted by molar-refractivity contribution is -0.175. The van der Waals surface area contributed by atoms with E-state index in [1.165, 1.54) is 13.8 Å². The van der Waals surface area contributed by atoms with Gasteiger partial charge >= 0.3 is 11.9 Å². The molecule has 8 nitrogen and oxygen atoms in total. The topological polar surface area (TPSA) is 106 Å². The van der Waals surface area contributed by atoms with Crippen molar-refractivity contribution in [1.82, 2.24) is 4.90 Å². The molecule has 4 aliphatic rings. The van der Waals surface area contributed by atoms with Crippen LogP contribution in [0.2, 0.25) is 0 Å². The van der Waals surface area contributed by atoms with E-state index in [0.29, 0.717) is 25.0 Å². The van der Waals surface area contributed by atoms with Crippen molar-refractivity contribution < 1.29 is 34.0 Å². The number of phenolic OH excluding ortho intramolecular Hbond substituents is 1. The number of piperidine rings is 1. The molecule has 2 N–H and O–H groups in total. The number of aromatic hydroxyl groups is 1. The van der Waals surface area contributed by atoms with Gasteiger partial charge in [0.05, 0.1) is 11.0 Å². The zero-order valence-electron chi connectivity index (χ0n) is 17.2. The summed E-state index contributed by atoms with van der Waals surface area (Å²) in [6, 6.07) is 3.38. The van der Waals surface area contributed by atoms with Gasteiger partial charge in [0, 0.05) is 24.9 Å². The Morgan fingerprint density at radius 3 is 2.87 bits per heavy atom. The first-order valence-corrected chi connectivity index (χ1v) is 10.2. The lowest BCUT2D eigenvalue weighted by Gasteiger charge is -2.61. The summed E-state index contributed by atoms with van der Waals surface area (Å²) in [4.78, 5) is 25.9. The average Bonchev–Trinajstić information content (AvgIpc) is 3.04. The first kappa shape index (κ1) is 19.4. The van der Waals surface area contributed by atoms with Crippen LogP contribution < -0.4 is 4.74 Å². The van der Waals surface area contributed by atoms with Gasteiger partial charge in [-0.2, -0.15) is 0 Å². The van der Waals surface area contributed by atoms with Gasteiger partial charge in [0.15, 0.2) is 23.7 Å². The minimum atomic E-state index is -1.12. The van der Waals surface area contributed by atoms with Gasteiger partial charge in [0.1, 0.15) is 5.76 Å². The number of benzene rings is 1. The van der Waals surface area contributed by atoms with Crippen LogP contribution in [0.3, 0.4) is 0 Å². The molecule has 1 fully saturated rings. The number of aliphatic hydroxyl groups is 1. The third-order valence-corrected chi connectivity index (χ3v) is 7.25. The summed E-state index contributed by atoms with van der Waals surface area (Å²) in [5.41, 5.74) is -0.0731. The second-order valence-corrected chi connectivity index (χ2v) is 8.78. The highest BCUT2D eigenvalue weighted by atomic mass is 16.6. The highest BCUT2D eigenvalue weighted by Crippen LogP contribution is 2.65. The number of ether oxygens (including phenoxy) is 3. The molecule has 0 amide bonds. The molecular weight excluding hydrogens is 390 g/mol. The number of hydrogen-bond acceptors (Lipinski definition) is 8. The predicted molar refractivity (Wildman–Crippen MR) is 104 cm³/mol. The van der Waals surface area contributed by atoms with Crippen LogP contribution in [0, 0.1) is 0 Å². The van der Waals surface area contributed by atoms with Crippen molar-refractivity contribution in [2.24, 2.45) is 0 Å². The number of carbonyl (C=O) groups is 2. The zero-order chi connectivity index (χ0) is 21.4. The highest BCUT2D eigenvalue weighted by Gasteiger charge is 2.72. The fourth-order valence-corrected chi connectivity index (χ4v) is 5.93. The molecule has 2 bridgehead atoms. The largest absolute Gasteiger partial charge is 0.504 e. The number of rotatable bonds is 3. The maximum Gasteiger partial charge on any atom is 0.352 e. The van der Waals surface area contributed by atoms with Crippen molar-refractivity contribution in [1.29, 1.82) is 0 Å². The number of nitrogens with zero attached hydrogens (tertiary/aromatic N) is 1. The Morgan fingerprint density at radius 1 is 1.37 bits per heavy atom. The van der Waals surface area contributed by atoms with Crippen molar-refractivity contribution in [3.8, 4) is 11.5 Å². The molecule has 8 heteroatoms. The molecule has 160 valence electrons. The molecular formula is C22H25NO7. The molecule has 0 aromatic heterocycles. The van der Waals surface area contributed by atoms with Gasteiger partial charge < -0.3 is 29.3 Å². The van der Waals surface area contributed by atoms with Crippen LogP contribution in [0.4, 0.5) is 0 Å². The molecule has 1 saturated heterocycles. The Balaban J connectivity index is 1.60. The van der Waals surface area contributed by atoms with E-state index in [9.17, 15) is 19.8 Å².